The summed E-state index contributed by atoms with van der Waals surface area (Å²) in [7, 11) is 0. The van der Waals surface area contributed by atoms with Gasteiger partial charge in [0, 0.05) is 45.1 Å². The zero-order valence-electron chi connectivity index (χ0n) is 23.0. The second kappa shape index (κ2) is 13.5. The highest BCUT2D eigenvalue weighted by Crippen LogP contribution is 2.35. The highest BCUT2D eigenvalue weighted by Gasteiger charge is 2.32. The maximum Gasteiger partial charge on any atom is 0.223 e. The highest BCUT2D eigenvalue weighted by molar-refractivity contribution is 5.78. The van der Waals surface area contributed by atoms with Crippen LogP contribution in [0.15, 0.2) is 60.7 Å². The summed E-state index contributed by atoms with van der Waals surface area (Å²) in [5, 5.41) is 10.7. The Bertz CT molecular complexity index is 904. The van der Waals surface area contributed by atoms with E-state index in [1.807, 2.05) is 41.3 Å². The third-order valence-corrected chi connectivity index (χ3v) is 8.44. The summed E-state index contributed by atoms with van der Waals surface area (Å²) in [6, 6.07) is 20.7. The molecule has 0 aromatic heterocycles. The predicted octanol–water partition coefficient (Wildman–Crippen LogP) is 5.19. The second-order valence-electron chi connectivity index (χ2n) is 11.6. The van der Waals surface area contributed by atoms with Crippen molar-refractivity contribution in [2.24, 2.45) is 17.8 Å². The molecule has 2 fully saturated rings. The number of hydrogen-bond acceptors (Lipinski definition) is 4. The number of benzene rings is 2. The van der Waals surface area contributed by atoms with Gasteiger partial charge in [-0.25, -0.2) is 0 Å². The van der Waals surface area contributed by atoms with Gasteiger partial charge in [0.05, 0.1) is 18.8 Å². The number of aliphatic hydroxyl groups is 1. The van der Waals surface area contributed by atoms with E-state index in [-0.39, 0.29) is 17.9 Å². The Labute approximate surface area is 223 Å². The third-order valence-electron chi connectivity index (χ3n) is 8.44. The van der Waals surface area contributed by atoms with Crippen molar-refractivity contribution in [1.29, 1.82) is 0 Å². The average Bonchev–Trinajstić information content (AvgIpc) is 2.91. The lowest BCUT2D eigenvalue weighted by Gasteiger charge is -2.38. The minimum atomic E-state index is -0.493. The fraction of sp³-hybridized carbons (Fsp3) is 0.594. The number of ether oxygens (including phenoxy) is 1. The van der Waals surface area contributed by atoms with Gasteiger partial charge in [-0.2, -0.15) is 0 Å². The molecule has 1 N–H and O–H groups in total. The molecule has 1 saturated carbocycles. The maximum absolute atomic E-state index is 13.3. The van der Waals surface area contributed by atoms with Gasteiger partial charge in [0.1, 0.15) is 0 Å². The van der Waals surface area contributed by atoms with E-state index >= 15 is 0 Å². The lowest BCUT2D eigenvalue weighted by Crippen LogP contribution is -2.51. The van der Waals surface area contributed by atoms with Gasteiger partial charge in [-0.05, 0) is 41.7 Å². The summed E-state index contributed by atoms with van der Waals surface area (Å²) in [5.74, 6) is 2.17. The third kappa shape index (κ3) is 7.89. The van der Waals surface area contributed by atoms with Crippen molar-refractivity contribution < 1.29 is 14.6 Å². The van der Waals surface area contributed by atoms with Gasteiger partial charge in [-0.3, -0.25) is 9.69 Å². The molecule has 1 unspecified atom stereocenters. The first-order valence-corrected chi connectivity index (χ1v) is 14.3. The predicted molar refractivity (Wildman–Crippen MR) is 149 cm³/mol. The number of β-amino-alcohol motifs (C(OH)–C–C–N with tert-alkyl or cyclic N) is 1. The summed E-state index contributed by atoms with van der Waals surface area (Å²) in [4.78, 5) is 17.6. The molecule has 2 aromatic rings. The van der Waals surface area contributed by atoms with E-state index in [1.54, 1.807) is 0 Å². The van der Waals surface area contributed by atoms with E-state index < -0.39 is 6.10 Å². The quantitative estimate of drug-likeness (QED) is 0.482. The second-order valence-corrected chi connectivity index (χ2v) is 11.6. The van der Waals surface area contributed by atoms with E-state index in [9.17, 15) is 9.90 Å². The first-order valence-electron chi connectivity index (χ1n) is 14.3. The number of carbonyl (C=O) groups is 1. The number of carbonyl (C=O) groups excluding carboxylic acids is 1. The summed E-state index contributed by atoms with van der Waals surface area (Å²) in [6.07, 6.45) is 3.85. The van der Waals surface area contributed by atoms with Crippen LogP contribution in [-0.4, -0.2) is 72.4 Å². The molecule has 1 amide bonds. The van der Waals surface area contributed by atoms with Gasteiger partial charge < -0.3 is 14.7 Å². The zero-order chi connectivity index (χ0) is 26.2. The fourth-order valence-electron chi connectivity index (χ4n) is 6.17. The molecule has 4 atom stereocenters. The van der Waals surface area contributed by atoms with E-state index in [2.05, 4.69) is 49.9 Å². The number of hydrogen-bond donors (Lipinski definition) is 1. The van der Waals surface area contributed by atoms with Crippen molar-refractivity contribution in [3.8, 4) is 0 Å². The van der Waals surface area contributed by atoms with Gasteiger partial charge in [0.15, 0.2) is 0 Å². The van der Waals surface area contributed by atoms with Gasteiger partial charge in [0.25, 0.3) is 0 Å². The lowest BCUT2D eigenvalue weighted by molar-refractivity contribution is -0.133. The first-order chi connectivity index (χ1) is 17.9. The summed E-state index contributed by atoms with van der Waals surface area (Å²) >= 11 is 0. The van der Waals surface area contributed by atoms with Gasteiger partial charge >= 0.3 is 0 Å². The molecule has 202 valence electrons. The Kier molecular flexibility index (Phi) is 10.2. The van der Waals surface area contributed by atoms with Crippen molar-refractivity contribution >= 4 is 5.91 Å². The minimum Gasteiger partial charge on any atom is -0.389 e. The van der Waals surface area contributed by atoms with E-state index in [0.29, 0.717) is 50.4 Å². The topological polar surface area (TPSA) is 53.0 Å². The molecule has 5 heteroatoms. The molecule has 1 saturated heterocycles. The summed E-state index contributed by atoms with van der Waals surface area (Å²) < 4.78 is 6.28. The van der Waals surface area contributed by atoms with Crippen LogP contribution in [0.5, 0.6) is 0 Å². The molecule has 2 aliphatic rings. The summed E-state index contributed by atoms with van der Waals surface area (Å²) in [5.41, 5.74) is 2.35. The molecule has 0 spiro atoms. The molecule has 4 rings (SSSR count). The average molecular weight is 507 g/mol. The standard InChI is InChI=1S/C32H46N2O3/c1-24(2)29-15-14-25(3)20-31(29)37-23-28(35)22-33-16-18-34(19-17-33)32(36)21-30(26-10-6-4-7-11-26)27-12-8-5-9-13-27/h4-13,24-25,28-31,35H,14-23H2,1-3H3/t25-,28?,29+,31-/m0/s1. The summed E-state index contributed by atoms with van der Waals surface area (Å²) in [6.45, 7) is 10.9. The monoisotopic (exact) mass is 506 g/mol. The Hall–Kier alpha value is -2.21. The molecule has 0 bridgehead atoms. The molecule has 0 radical (unpaired) electrons. The van der Waals surface area contributed by atoms with E-state index in [0.717, 1.165) is 19.5 Å². The molecule has 1 aliphatic heterocycles. The number of piperazine rings is 1. The number of aliphatic hydroxyl groups excluding tert-OH is 1. The van der Waals surface area contributed by atoms with Crippen molar-refractivity contribution in [2.75, 3.05) is 39.3 Å². The largest absolute Gasteiger partial charge is 0.389 e. The van der Waals surface area contributed by atoms with Crippen LogP contribution in [0.2, 0.25) is 0 Å². The van der Waals surface area contributed by atoms with Crippen LogP contribution in [0.1, 0.15) is 63.5 Å². The van der Waals surface area contributed by atoms with Crippen LogP contribution in [-0.2, 0) is 9.53 Å². The Morgan fingerprint density at radius 1 is 0.946 bits per heavy atom. The van der Waals surface area contributed by atoms with Gasteiger partial charge in [-0.15, -0.1) is 0 Å². The van der Waals surface area contributed by atoms with Crippen LogP contribution in [0, 0.1) is 17.8 Å². The molecule has 1 aliphatic carbocycles. The SMILES string of the molecule is CC(C)[C@H]1CC[C@H](C)C[C@@H]1OCC(O)CN1CCN(C(=O)CC(c2ccccc2)c2ccccc2)CC1. The molecular formula is C32H46N2O3. The molecular weight excluding hydrogens is 460 g/mol. The van der Waals surface area contributed by atoms with Crippen molar-refractivity contribution in [3.05, 3.63) is 71.8 Å². The Morgan fingerprint density at radius 3 is 2.11 bits per heavy atom. The Morgan fingerprint density at radius 2 is 1.54 bits per heavy atom. The van der Waals surface area contributed by atoms with Crippen molar-refractivity contribution in [3.63, 3.8) is 0 Å². The van der Waals surface area contributed by atoms with Crippen LogP contribution in [0.25, 0.3) is 0 Å². The number of amides is 1. The van der Waals surface area contributed by atoms with Crippen LogP contribution in [0.4, 0.5) is 0 Å². The normalized spacial score (nSPS) is 23.9. The molecule has 5 nitrogen and oxygen atoms in total. The molecule has 1 heterocycles. The van der Waals surface area contributed by atoms with Crippen molar-refractivity contribution in [1.82, 2.24) is 9.80 Å². The van der Waals surface area contributed by atoms with Crippen LogP contribution in [0.3, 0.4) is 0 Å². The van der Waals surface area contributed by atoms with E-state index in [4.69, 9.17) is 4.74 Å². The first kappa shape index (κ1) is 27.8. The molecule has 37 heavy (non-hydrogen) atoms. The van der Waals surface area contributed by atoms with E-state index in [1.165, 1.54) is 24.0 Å². The minimum absolute atomic E-state index is 0.0593. The Balaban J connectivity index is 1.24. The number of nitrogens with zero attached hydrogens (tertiary/aromatic N) is 2. The highest BCUT2D eigenvalue weighted by atomic mass is 16.5. The fourth-order valence-corrected chi connectivity index (χ4v) is 6.17. The molecule has 2 aromatic carbocycles. The number of rotatable bonds is 10. The van der Waals surface area contributed by atoms with Gasteiger partial charge in [0.2, 0.25) is 5.91 Å². The van der Waals surface area contributed by atoms with Crippen LogP contribution >= 0.6 is 0 Å². The maximum atomic E-state index is 13.3. The zero-order valence-corrected chi connectivity index (χ0v) is 23.0. The van der Waals surface area contributed by atoms with Gasteiger partial charge in [-0.1, -0.05) is 87.9 Å². The smallest absolute Gasteiger partial charge is 0.223 e. The van der Waals surface area contributed by atoms with Crippen LogP contribution < -0.4 is 0 Å². The lowest BCUT2D eigenvalue weighted by atomic mass is 9.75. The van der Waals surface area contributed by atoms with Crippen molar-refractivity contribution in [2.45, 2.75) is 64.6 Å².